The van der Waals surface area contributed by atoms with Crippen molar-refractivity contribution in [3.63, 3.8) is 0 Å². The van der Waals surface area contributed by atoms with Gasteiger partial charge in [-0.15, -0.1) is 0 Å². The summed E-state index contributed by atoms with van der Waals surface area (Å²) in [4.78, 5) is 12.9. The summed E-state index contributed by atoms with van der Waals surface area (Å²) in [7, 11) is 0. The molecular weight excluding hydrogens is 300 g/mol. The molecule has 0 saturated carbocycles. The van der Waals surface area contributed by atoms with Crippen molar-refractivity contribution in [3.8, 4) is 0 Å². The molecule has 0 bridgehead atoms. The third kappa shape index (κ3) is 4.31. The molecule has 0 aliphatic rings. The van der Waals surface area contributed by atoms with E-state index in [1.165, 1.54) is 0 Å². The fraction of sp³-hybridized carbons (Fsp3) is 0.381. The normalized spacial score (nSPS) is 16.2. The summed E-state index contributed by atoms with van der Waals surface area (Å²) >= 11 is 0. The fourth-order valence-electron chi connectivity index (χ4n) is 3.08. The van der Waals surface area contributed by atoms with E-state index in [1.807, 2.05) is 67.6 Å². The quantitative estimate of drug-likeness (QED) is 0.768. The average Bonchev–Trinajstić information content (AvgIpc) is 2.65. The molecule has 2 N–H and O–H groups in total. The second-order valence-corrected chi connectivity index (χ2v) is 6.30. The third-order valence-electron chi connectivity index (χ3n) is 4.55. The van der Waals surface area contributed by atoms with Crippen LogP contribution in [0.2, 0.25) is 0 Å². The zero-order chi connectivity index (χ0) is 17.5. The predicted molar refractivity (Wildman–Crippen MR) is 95.4 cm³/mol. The molecule has 2 rings (SSSR count). The summed E-state index contributed by atoms with van der Waals surface area (Å²) in [5.74, 6) is -1.17. The highest BCUT2D eigenvalue weighted by molar-refractivity contribution is 5.84. The molecule has 3 heteroatoms. The van der Waals surface area contributed by atoms with Gasteiger partial charge in [-0.3, -0.25) is 4.79 Å². The molecule has 0 unspecified atom stereocenters. The van der Waals surface area contributed by atoms with Gasteiger partial charge in [-0.1, -0.05) is 80.9 Å². The van der Waals surface area contributed by atoms with Crippen molar-refractivity contribution >= 4 is 5.78 Å². The molecule has 2 aromatic carbocycles. The van der Waals surface area contributed by atoms with Gasteiger partial charge in [0.05, 0.1) is 12.2 Å². The third-order valence-corrected chi connectivity index (χ3v) is 4.55. The highest BCUT2D eigenvalue weighted by Gasteiger charge is 2.33. The van der Waals surface area contributed by atoms with E-state index < -0.39 is 24.0 Å². The summed E-state index contributed by atoms with van der Waals surface area (Å²) in [5, 5.41) is 21.2. The first kappa shape index (κ1) is 18.4. The van der Waals surface area contributed by atoms with Crippen LogP contribution in [0.3, 0.4) is 0 Å². The smallest absolute Gasteiger partial charge is 0.144 e. The number of carbonyl (C=O) groups is 1. The Morgan fingerprint density at radius 1 is 0.875 bits per heavy atom. The van der Waals surface area contributed by atoms with Gasteiger partial charge >= 0.3 is 0 Å². The molecule has 0 aliphatic carbocycles. The van der Waals surface area contributed by atoms with E-state index in [1.54, 1.807) is 6.92 Å². The Hall–Kier alpha value is -1.97. The Balaban J connectivity index is 2.19. The molecular formula is C21H26O3. The molecule has 4 atom stereocenters. The van der Waals surface area contributed by atoms with Gasteiger partial charge in [0.25, 0.3) is 0 Å². The second-order valence-electron chi connectivity index (χ2n) is 6.30. The first-order chi connectivity index (χ1) is 11.6. The molecule has 0 heterocycles. The van der Waals surface area contributed by atoms with E-state index in [2.05, 4.69) is 0 Å². The summed E-state index contributed by atoms with van der Waals surface area (Å²) in [6, 6.07) is 18.5. The van der Waals surface area contributed by atoms with Gasteiger partial charge in [0.1, 0.15) is 5.78 Å². The van der Waals surface area contributed by atoms with Crippen molar-refractivity contribution in [3.05, 3.63) is 71.8 Å². The van der Waals surface area contributed by atoms with Crippen molar-refractivity contribution in [2.45, 2.75) is 38.9 Å². The number of hydrogen-bond acceptors (Lipinski definition) is 3. The predicted octanol–water partition coefficient (Wildman–Crippen LogP) is 4.08. The molecule has 0 spiro atoms. The van der Waals surface area contributed by atoms with E-state index in [4.69, 9.17) is 0 Å². The minimum absolute atomic E-state index is 0.0930. The summed E-state index contributed by atoms with van der Waals surface area (Å²) in [6.07, 6.45) is -0.306. The van der Waals surface area contributed by atoms with Gasteiger partial charge in [-0.05, 0) is 17.5 Å². The van der Waals surface area contributed by atoms with Crippen LogP contribution in [0.5, 0.6) is 0 Å². The molecule has 0 amide bonds. The number of Topliss-reactive ketones (excluding diaryl/α,β-unsaturated/α-hetero) is 1. The van der Waals surface area contributed by atoms with E-state index in [0.29, 0.717) is 6.42 Å². The van der Waals surface area contributed by atoms with E-state index in [9.17, 15) is 15.0 Å². The van der Waals surface area contributed by atoms with Gasteiger partial charge in [-0.25, -0.2) is 0 Å². The molecule has 0 aromatic heterocycles. The van der Waals surface area contributed by atoms with Gasteiger partial charge in [0.15, 0.2) is 0 Å². The van der Waals surface area contributed by atoms with Crippen LogP contribution in [-0.2, 0) is 4.79 Å². The van der Waals surface area contributed by atoms with E-state index in [0.717, 1.165) is 17.5 Å². The molecule has 128 valence electrons. The van der Waals surface area contributed by atoms with Gasteiger partial charge in [0.2, 0.25) is 0 Å². The van der Waals surface area contributed by atoms with Crippen LogP contribution in [0.25, 0.3) is 0 Å². The standard InChI is InChI=1S/C21H26O3/c1-3-10-18(21(24)17-13-8-5-9-14-17)20(23)15(2)19(22)16-11-6-4-7-12-16/h4-9,11-15,18-19,21-22,24H,3,10H2,1-2H3/t15-,18+,19+,21-/m0/s1. The zero-order valence-corrected chi connectivity index (χ0v) is 14.3. The van der Waals surface area contributed by atoms with Crippen molar-refractivity contribution in [2.75, 3.05) is 0 Å². The number of hydrogen-bond donors (Lipinski definition) is 2. The van der Waals surface area contributed by atoms with Crippen LogP contribution in [0, 0.1) is 11.8 Å². The summed E-state index contributed by atoms with van der Waals surface area (Å²) < 4.78 is 0. The Bertz CT molecular complexity index is 624. The lowest BCUT2D eigenvalue weighted by molar-refractivity contribution is -0.134. The lowest BCUT2D eigenvalue weighted by Gasteiger charge is -2.27. The number of ketones is 1. The van der Waals surface area contributed by atoms with Crippen LogP contribution >= 0.6 is 0 Å². The Labute approximate surface area is 144 Å². The monoisotopic (exact) mass is 326 g/mol. The molecule has 2 aromatic rings. The topological polar surface area (TPSA) is 57.5 Å². The Kier molecular flexibility index (Phi) is 6.71. The molecule has 24 heavy (non-hydrogen) atoms. The highest BCUT2D eigenvalue weighted by Crippen LogP contribution is 2.32. The number of aliphatic hydroxyl groups excluding tert-OH is 2. The van der Waals surface area contributed by atoms with Crippen molar-refractivity contribution in [2.24, 2.45) is 11.8 Å². The largest absolute Gasteiger partial charge is 0.388 e. The van der Waals surface area contributed by atoms with Crippen LogP contribution in [0.15, 0.2) is 60.7 Å². The van der Waals surface area contributed by atoms with Crippen LogP contribution in [0.4, 0.5) is 0 Å². The Morgan fingerprint density at radius 2 is 1.33 bits per heavy atom. The molecule has 0 saturated heterocycles. The zero-order valence-electron chi connectivity index (χ0n) is 14.3. The van der Waals surface area contributed by atoms with Gasteiger partial charge < -0.3 is 10.2 Å². The Morgan fingerprint density at radius 3 is 1.79 bits per heavy atom. The minimum Gasteiger partial charge on any atom is -0.388 e. The highest BCUT2D eigenvalue weighted by atomic mass is 16.3. The van der Waals surface area contributed by atoms with Crippen LogP contribution in [-0.4, -0.2) is 16.0 Å². The SMILES string of the molecule is CCC[C@H](C(=O)[C@@H](C)[C@@H](O)c1ccccc1)[C@@H](O)c1ccccc1. The first-order valence-electron chi connectivity index (χ1n) is 8.56. The van der Waals surface area contributed by atoms with E-state index in [-0.39, 0.29) is 5.78 Å². The molecule has 0 fully saturated rings. The summed E-state index contributed by atoms with van der Waals surface area (Å²) in [5.41, 5.74) is 1.47. The minimum atomic E-state index is -0.860. The summed E-state index contributed by atoms with van der Waals surface area (Å²) in [6.45, 7) is 3.73. The van der Waals surface area contributed by atoms with E-state index >= 15 is 0 Å². The lowest BCUT2D eigenvalue weighted by atomic mass is 9.80. The van der Waals surface area contributed by atoms with Crippen LogP contribution in [0.1, 0.15) is 50.0 Å². The first-order valence-corrected chi connectivity index (χ1v) is 8.56. The number of aliphatic hydroxyl groups is 2. The van der Waals surface area contributed by atoms with Crippen molar-refractivity contribution < 1.29 is 15.0 Å². The van der Waals surface area contributed by atoms with Crippen LogP contribution < -0.4 is 0 Å². The number of rotatable bonds is 8. The number of carbonyl (C=O) groups excluding carboxylic acids is 1. The van der Waals surface area contributed by atoms with Gasteiger partial charge in [0, 0.05) is 11.8 Å². The second kappa shape index (κ2) is 8.76. The van der Waals surface area contributed by atoms with Crippen molar-refractivity contribution in [1.82, 2.24) is 0 Å². The maximum atomic E-state index is 12.9. The fourth-order valence-corrected chi connectivity index (χ4v) is 3.08. The molecule has 0 aliphatic heterocycles. The maximum Gasteiger partial charge on any atom is 0.144 e. The van der Waals surface area contributed by atoms with Gasteiger partial charge in [-0.2, -0.15) is 0 Å². The average molecular weight is 326 g/mol. The number of benzene rings is 2. The maximum absolute atomic E-state index is 12.9. The molecule has 3 nitrogen and oxygen atoms in total. The van der Waals surface area contributed by atoms with Crippen molar-refractivity contribution in [1.29, 1.82) is 0 Å². The lowest BCUT2D eigenvalue weighted by Crippen LogP contribution is -2.30. The molecule has 0 radical (unpaired) electrons.